The van der Waals surface area contributed by atoms with Crippen molar-refractivity contribution < 1.29 is 22.7 Å². The second-order valence-corrected chi connectivity index (χ2v) is 9.75. The van der Waals surface area contributed by atoms with E-state index in [0.717, 1.165) is 16.9 Å². The van der Waals surface area contributed by atoms with Gasteiger partial charge in [-0.25, -0.2) is 8.42 Å². The molecule has 1 aromatic carbocycles. The Kier molecular flexibility index (Phi) is 7.25. The predicted molar refractivity (Wildman–Crippen MR) is 109 cm³/mol. The second kappa shape index (κ2) is 9.68. The highest BCUT2D eigenvalue weighted by molar-refractivity contribution is 7.91. The van der Waals surface area contributed by atoms with E-state index in [2.05, 4.69) is 10.6 Å². The third-order valence-electron chi connectivity index (χ3n) is 4.22. The molecule has 2 heterocycles. The van der Waals surface area contributed by atoms with Crippen molar-refractivity contribution in [2.24, 2.45) is 0 Å². The molecule has 0 spiro atoms. The number of thiophene rings is 1. The molecule has 1 aromatic heterocycles. The molecule has 0 saturated carbocycles. The quantitative estimate of drug-likeness (QED) is 0.641. The topological polar surface area (TPSA) is 105 Å². The maximum absolute atomic E-state index is 12.8. The number of nitrogens with one attached hydrogen (secondary N) is 2. The van der Waals surface area contributed by atoms with Gasteiger partial charge in [0.05, 0.1) is 13.2 Å². The smallest absolute Gasteiger partial charge is 0.309 e. The van der Waals surface area contributed by atoms with Crippen molar-refractivity contribution in [2.75, 3.05) is 19.7 Å². The van der Waals surface area contributed by atoms with E-state index in [9.17, 15) is 18.0 Å². The summed E-state index contributed by atoms with van der Waals surface area (Å²) in [5.74, 6) is -1.68. The zero-order chi connectivity index (χ0) is 20.9. The maximum Gasteiger partial charge on any atom is 0.309 e. The Balaban J connectivity index is 1.55. The number of hydrogen-bond donors (Lipinski definition) is 2. The van der Waals surface area contributed by atoms with Gasteiger partial charge in [-0.3, -0.25) is 9.59 Å². The molecule has 2 amide bonds. The molecular formula is C18H20ClN3O5S2. The third kappa shape index (κ3) is 5.55. The van der Waals surface area contributed by atoms with Gasteiger partial charge in [-0.15, -0.1) is 11.3 Å². The summed E-state index contributed by atoms with van der Waals surface area (Å²) in [6.45, 7) is 0.698. The van der Waals surface area contributed by atoms with Gasteiger partial charge in [0, 0.05) is 18.1 Å². The predicted octanol–water partition coefficient (Wildman–Crippen LogP) is 1.57. The molecule has 1 aliphatic rings. The van der Waals surface area contributed by atoms with Crippen molar-refractivity contribution in [1.29, 1.82) is 0 Å². The molecule has 0 unspecified atom stereocenters. The first-order chi connectivity index (χ1) is 13.9. The van der Waals surface area contributed by atoms with Crippen LogP contribution < -0.4 is 10.6 Å². The lowest BCUT2D eigenvalue weighted by molar-refractivity contribution is -0.140. The molecule has 1 atom stereocenters. The molecule has 8 nitrogen and oxygen atoms in total. The van der Waals surface area contributed by atoms with Gasteiger partial charge in [0.15, 0.2) is 0 Å². The zero-order valence-electron chi connectivity index (χ0n) is 15.3. The van der Waals surface area contributed by atoms with Gasteiger partial charge >= 0.3 is 11.8 Å². The molecule has 29 heavy (non-hydrogen) atoms. The molecule has 0 radical (unpaired) electrons. The third-order valence-corrected chi connectivity index (χ3v) is 7.74. The number of amides is 2. The van der Waals surface area contributed by atoms with Crippen LogP contribution in [0.4, 0.5) is 0 Å². The first-order valence-corrected chi connectivity index (χ1v) is 11.5. The number of ether oxygens (including phenoxy) is 1. The van der Waals surface area contributed by atoms with Crippen molar-refractivity contribution in [1.82, 2.24) is 14.9 Å². The van der Waals surface area contributed by atoms with E-state index >= 15 is 0 Å². The van der Waals surface area contributed by atoms with Crippen molar-refractivity contribution in [3.05, 3.63) is 52.4 Å². The molecule has 2 aromatic rings. The van der Waals surface area contributed by atoms with E-state index in [4.69, 9.17) is 16.3 Å². The van der Waals surface area contributed by atoms with Gasteiger partial charge in [-0.05, 0) is 35.6 Å². The number of halogens is 1. The maximum atomic E-state index is 12.8. The molecule has 3 rings (SSSR count). The number of nitrogens with zero attached hydrogens (tertiary/aromatic N) is 1. The van der Waals surface area contributed by atoms with Crippen LogP contribution in [0.2, 0.25) is 5.02 Å². The Labute approximate surface area is 177 Å². The number of carbonyl (C=O) groups excluding carboxylic acids is 2. The number of hydrogen-bond acceptors (Lipinski definition) is 6. The Hall–Kier alpha value is -1.98. The second-order valence-electron chi connectivity index (χ2n) is 6.25. The van der Waals surface area contributed by atoms with E-state index in [0.29, 0.717) is 18.1 Å². The highest BCUT2D eigenvalue weighted by atomic mass is 35.5. The van der Waals surface area contributed by atoms with Crippen LogP contribution in [0.3, 0.4) is 0 Å². The summed E-state index contributed by atoms with van der Waals surface area (Å²) in [6.07, 6.45) is -0.319. The van der Waals surface area contributed by atoms with Gasteiger partial charge in [0.2, 0.25) is 0 Å². The van der Waals surface area contributed by atoms with Crippen LogP contribution in [0.1, 0.15) is 12.0 Å². The molecule has 11 heteroatoms. The largest absolute Gasteiger partial charge is 0.360 e. The standard InChI is InChI=1S/C18H20ClN3O5S2/c19-14-6-4-13(5-7-14)11-20-17(23)18(24)21-12-15-22(8-2-9-27-15)29(25,26)16-3-1-10-28-16/h1,3-7,10,15H,2,8-9,11-12H2,(H,20,23)(H,21,24)/t15-/m0/s1. The minimum Gasteiger partial charge on any atom is -0.360 e. The van der Waals surface area contributed by atoms with Gasteiger partial charge in [0.1, 0.15) is 10.4 Å². The minimum atomic E-state index is -3.72. The molecular weight excluding hydrogens is 438 g/mol. The van der Waals surface area contributed by atoms with Gasteiger partial charge in [0.25, 0.3) is 10.0 Å². The van der Waals surface area contributed by atoms with Crippen LogP contribution in [-0.2, 0) is 30.9 Å². The molecule has 156 valence electrons. The van der Waals surface area contributed by atoms with E-state index in [1.165, 1.54) is 10.4 Å². The molecule has 1 saturated heterocycles. The fourth-order valence-electron chi connectivity index (χ4n) is 2.75. The molecule has 1 aliphatic heterocycles. The Bertz CT molecular complexity index is 948. The Morgan fingerprint density at radius 3 is 2.59 bits per heavy atom. The fraction of sp³-hybridized carbons (Fsp3) is 0.333. The van der Waals surface area contributed by atoms with Gasteiger partial charge < -0.3 is 15.4 Å². The number of sulfonamides is 1. The van der Waals surface area contributed by atoms with E-state index in [-0.39, 0.29) is 23.8 Å². The first-order valence-electron chi connectivity index (χ1n) is 8.85. The normalized spacial score (nSPS) is 17.6. The molecule has 0 bridgehead atoms. The first kappa shape index (κ1) is 21.7. The van der Waals surface area contributed by atoms with Gasteiger partial charge in [-0.2, -0.15) is 4.31 Å². The Morgan fingerprint density at radius 2 is 1.90 bits per heavy atom. The minimum absolute atomic E-state index is 0.127. The molecule has 2 N–H and O–H groups in total. The van der Waals surface area contributed by atoms with Crippen LogP contribution in [-0.4, -0.2) is 50.5 Å². The summed E-state index contributed by atoms with van der Waals surface area (Å²) in [6, 6.07) is 10.0. The van der Waals surface area contributed by atoms with E-state index in [1.54, 1.807) is 35.7 Å². The molecule has 1 fully saturated rings. The lowest BCUT2D eigenvalue weighted by atomic mass is 10.2. The average Bonchev–Trinajstić information content (AvgIpc) is 3.27. The number of carbonyl (C=O) groups is 2. The van der Waals surface area contributed by atoms with Gasteiger partial charge in [-0.1, -0.05) is 29.8 Å². The van der Waals surface area contributed by atoms with E-state index in [1.807, 2.05) is 0 Å². The number of benzene rings is 1. The highest BCUT2D eigenvalue weighted by Gasteiger charge is 2.35. The highest BCUT2D eigenvalue weighted by Crippen LogP contribution is 2.25. The summed E-state index contributed by atoms with van der Waals surface area (Å²) >= 11 is 6.92. The summed E-state index contributed by atoms with van der Waals surface area (Å²) in [5.41, 5.74) is 0.791. The Morgan fingerprint density at radius 1 is 1.17 bits per heavy atom. The van der Waals surface area contributed by atoms with Crippen LogP contribution in [0.25, 0.3) is 0 Å². The summed E-state index contributed by atoms with van der Waals surface area (Å²) < 4.78 is 32.5. The van der Waals surface area contributed by atoms with Crippen molar-refractivity contribution in [2.45, 2.75) is 23.4 Å². The lowest BCUT2D eigenvalue weighted by Crippen LogP contribution is -2.52. The van der Waals surface area contributed by atoms with Crippen molar-refractivity contribution in [3.8, 4) is 0 Å². The summed E-state index contributed by atoms with van der Waals surface area (Å²) in [4.78, 5) is 24.1. The zero-order valence-corrected chi connectivity index (χ0v) is 17.7. The van der Waals surface area contributed by atoms with Crippen LogP contribution in [0, 0.1) is 0 Å². The summed E-state index contributed by atoms with van der Waals surface area (Å²) in [7, 11) is -3.72. The summed E-state index contributed by atoms with van der Waals surface area (Å²) in [5, 5.41) is 7.21. The monoisotopic (exact) mass is 457 g/mol. The fourth-order valence-corrected chi connectivity index (χ4v) is 5.56. The van der Waals surface area contributed by atoms with E-state index < -0.39 is 28.1 Å². The number of rotatable bonds is 6. The molecule has 0 aliphatic carbocycles. The van der Waals surface area contributed by atoms with Crippen molar-refractivity contribution in [3.63, 3.8) is 0 Å². The van der Waals surface area contributed by atoms with Crippen LogP contribution in [0.5, 0.6) is 0 Å². The van der Waals surface area contributed by atoms with Crippen LogP contribution in [0.15, 0.2) is 46.0 Å². The van der Waals surface area contributed by atoms with Crippen molar-refractivity contribution >= 4 is 44.8 Å². The SMILES string of the molecule is O=C(NCc1ccc(Cl)cc1)C(=O)NC[C@@H]1OCCCN1S(=O)(=O)c1cccs1. The average molecular weight is 458 g/mol. The lowest BCUT2D eigenvalue weighted by Gasteiger charge is -2.34. The van der Waals surface area contributed by atoms with Crippen LogP contribution >= 0.6 is 22.9 Å².